The molecule has 3 N–H and O–H groups in total. The second kappa shape index (κ2) is 6.46. The molecule has 2 aromatic rings. The van der Waals surface area contributed by atoms with Crippen LogP contribution < -0.4 is 10.0 Å². The highest BCUT2D eigenvalue weighted by Crippen LogP contribution is 2.35. The molecule has 1 aromatic heterocycles. The lowest BCUT2D eigenvalue weighted by Gasteiger charge is -2.10. The van der Waals surface area contributed by atoms with Gasteiger partial charge in [-0.05, 0) is 25.2 Å². The van der Waals surface area contributed by atoms with E-state index in [4.69, 9.17) is 34.8 Å². The SMILES string of the molecule is CNCc1cc(S(=O)(=O)Nc2c(Cl)cc(Cl)cc2Cl)c[nH]1. The average molecular weight is 369 g/mol. The molecule has 0 unspecified atom stereocenters. The van der Waals surface area contributed by atoms with E-state index in [1.54, 1.807) is 7.05 Å². The molecule has 0 bridgehead atoms. The van der Waals surface area contributed by atoms with Crippen LogP contribution in [0.5, 0.6) is 0 Å². The number of nitrogens with one attached hydrogen (secondary N) is 3. The molecule has 0 saturated heterocycles. The molecule has 0 aliphatic carbocycles. The van der Waals surface area contributed by atoms with Crippen molar-refractivity contribution in [2.45, 2.75) is 11.4 Å². The number of hydrogen-bond donors (Lipinski definition) is 3. The lowest BCUT2D eigenvalue weighted by Crippen LogP contribution is -2.13. The fourth-order valence-corrected chi connectivity index (χ4v) is 3.84. The minimum Gasteiger partial charge on any atom is -0.363 e. The Kier molecular flexibility index (Phi) is 5.06. The topological polar surface area (TPSA) is 74.0 Å². The maximum absolute atomic E-state index is 12.3. The molecular weight excluding hydrogens is 357 g/mol. The summed E-state index contributed by atoms with van der Waals surface area (Å²) in [5, 5.41) is 3.50. The van der Waals surface area contributed by atoms with Crippen LogP contribution in [-0.4, -0.2) is 20.4 Å². The van der Waals surface area contributed by atoms with Gasteiger partial charge in [-0.1, -0.05) is 34.8 Å². The van der Waals surface area contributed by atoms with E-state index in [-0.39, 0.29) is 20.6 Å². The van der Waals surface area contributed by atoms with Gasteiger partial charge in [-0.15, -0.1) is 0 Å². The fraction of sp³-hybridized carbons (Fsp3) is 0.167. The molecule has 21 heavy (non-hydrogen) atoms. The third-order valence-electron chi connectivity index (χ3n) is 2.64. The predicted molar refractivity (Wildman–Crippen MR) is 85.8 cm³/mol. The smallest absolute Gasteiger partial charge is 0.263 e. The molecule has 0 atom stereocenters. The Morgan fingerprint density at radius 1 is 1.14 bits per heavy atom. The van der Waals surface area contributed by atoms with E-state index in [9.17, 15) is 8.42 Å². The van der Waals surface area contributed by atoms with E-state index < -0.39 is 10.0 Å². The summed E-state index contributed by atoms with van der Waals surface area (Å²) < 4.78 is 27.0. The number of benzene rings is 1. The molecule has 0 spiro atoms. The number of H-pyrrole nitrogens is 1. The molecular formula is C12H12Cl3N3O2S. The zero-order chi connectivity index (χ0) is 15.6. The molecule has 1 aromatic carbocycles. The van der Waals surface area contributed by atoms with E-state index in [1.807, 2.05) is 0 Å². The third kappa shape index (κ3) is 3.84. The van der Waals surface area contributed by atoms with Crippen LogP contribution in [0.4, 0.5) is 5.69 Å². The molecule has 2 rings (SSSR count). The van der Waals surface area contributed by atoms with E-state index in [2.05, 4.69) is 15.0 Å². The van der Waals surface area contributed by atoms with Crippen LogP contribution in [0.2, 0.25) is 15.1 Å². The average Bonchev–Trinajstić information content (AvgIpc) is 2.84. The molecule has 5 nitrogen and oxygen atoms in total. The summed E-state index contributed by atoms with van der Waals surface area (Å²) in [6.45, 7) is 0.526. The summed E-state index contributed by atoms with van der Waals surface area (Å²) in [6, 6.07) is 4.35. The van der Waals surface area contributed by atoms with Gasteiger partial charge in [-0.3, -0.25) is 4.72 Å². The van der Waals surface area contributed by atoms with Crippen LogP contribution >= 0.6 is 34.8 Å². The zero-order valence-corrected chi connectivity index (χ0v) is 14.0. The first kappa shape index (κ1) is 16.5. The zero-order valence-electron chi connectivity index (χ0n) is 10.9. The van der Waals surface area contributed by atoms with Gasteiger partial charge in [-0.25, -0.2) is 8.42 Å². The number of aromatic amines is 1. The molecule has 0 radical (unpaired) electrons. The Morgan fingerprint density at radius 3 is 2.33 bits per heavy atom. The highest BCUT2D eigenvalue weighted by Gasteiger charge is 2.19. The highest BCUT2D eigenvalue weighted by atomic mass is 35.5. The summed E-state index contributed by atoms with van der Waals surface area (Å²) in [7, 11) is -2.03. The van der Waals surface area contributed by atoms with Gasteiger partial charge in [-0.2, -0.15) is 0 Å². The number of aromatic nitrogens is 1. The Balaban J connectivity index is 2.33. The number of halogens is 3. The van der Waals surface area contributed by atoms with E-state index in [1.165, 1.54) is 24.4 Å². The maximum atomic E-state index is 12.3. The normalized spacial score (nSPS) is 11.6. The molecule has 0 aliphatic rings. The molecule has 0 fully saturated rings. The second-order valence-corrected chi connectivity index (χ2v) is 7.17. The molecule has 1 heterocycles. The van der Waals surface area contributed by atoms with E-state index >= 15 is 0 Å². The van der Waals surface area contributed by atoms with Crippen LogP contribution in [0.3, 0.4) is 0 Å². The quantitative estimate of drug-likeness (QED) is 0.756. The van der Waals surface area contributed by atoms with Crippen molar-refractivity contribution >= 4 is 50.5 Å². The van der Waals surface area contributed by atoms with Gasteiger partial charge in [0, 0.05) is 23.5 Å². The summed E-state index contributed by atoms with van der Waals surface area (Å²) in [5.74, 6) is 0. The molecule has 9 heteroatoms. The van der Waals surface area contributed by atoms with Gasteiger partial charge < -0.3 is 10.3 Å². The minimum absolute atomic E-state index is 0.0924. The maximum Gasteiger partial charge on any atom is 0.263 e. The Hall–Kier alpha value is -0.920. The van der Waals surface area contributed by atoms with Crippen LogP contribution in [0.15, 0.2) is 29.3 Å². The highest BCUT2D eigenvalue weighted by molar-refractivity contribution is 7.92. The van der Waals surface area contributed by atoms with Gasteiger partial charge in [0.25, 0.3) is 10.0 Å². The summed E-state index contributed by atoms with van der Waals surface area (Å²) >= 11 is 17.7. The second-order valence-electron chi connectivity index (χ2n) is 4.24. The molecule has 0 saturated carbocycles. The predicted octanol–water partition coefficient (Wildman–Crippen LogP) is 3.50. The van der Waals surface area contributed by atoms with Crippen molar-refractivity contribution in [2.24, 2.45) is 0 Å². The summed E-state index contributed by atoms with van der Waals surface area (Å²) in [5.41, 5.74) is 0.838. The number of rotatable bonds is 5. The van der Waals surface area contributed by atoms with Crippen molar-refractivity contribution in [2.75, 3.05) is 11.8 Å². The van der Waals surface area contributed by atoms with Crippen LogP contribution in [0.25, 0.3) is 0 Å². The van der Waals surface area contributed by atoms with Gasteiger partial charge in [0.15, 0.2) is 0 Å². The van der Waals surface area contributed by atoms with Crippen molar-refractivity contribution in [3.8, 4) is 0 Å². The summed E-state index contributed by atoms with van der Waals surface area (Å²) in [4.78, 5) is 2.96. The van der Waals surface area contributed by atoms with E-state index in [0.717, 1.165) is 5.69 Å². The number of anilines is 1. The monoisotopic (exact) mass is 367 g/mol. The lowest BCUT2D eigenvalue weighted by atomic mass is 10.3. The Morgan fingerprint density at radius 2 is 1.76 bits per heavy atom. The first-order chi connectivity index (χ1) is 9.83. The van der Waals surface area contributed by atoms with Crippen molar-refractivity contribution in [3.05, 3.63) is 45.2 Å². The first-order valence-corrected chi connectivity index (χ1v) is 8.44. The molecule has 0 aliphatic heterocycles. The van der Waals surface area contributed by atoms with Gasteiger partial charge >= 0.3 is 0 Å². The van der Waals surface area contributed by atoms with Crippen molar-refractivity contribution in [1.82, 2.24) is 10.3 Å². The number of hydrogen-bond acceptors (Lipinski definition) is 3. The molecule has 114 valence electrons. The lowest BCUT2D eigenvalue weighted by molar-refractivity contribution is 0.601. The largest absolute Gasteiger partial charge is 0.363 e. The van der Waals surface area contributed by atoms with Crippen molar-refractivity contribution < 1.29 is 8.42 Å². The van der Waals surface area contributed by atoms with E-state index in [0.29, 0.717) is 11.6 Å². The van der Waals surface area contributed by atoms with Crippen molar-refractivity contribution in [3.63, 3.8) is 0 Å². The van der Waals surface area contributed by atoms with Crippen LogP contribution in [0, 0.1) is 0 Å². The van der Waals surface area contributed by atoms with Crippen molar-refractivity contribution in [1.29, 1.82) is 0 Å². The van der Waals surface area contributed by atoms with Crippen LogP contribution in [-0.2, 0) is 16.6 Å². The number of sulfonamides is 1. The van der Waals surface area contributed by atoms with Gasteiger partial charge in [0.2, 0.25) is 0 Å². The fourth-order valence-electron chi connectivity index (χ4n) is 1.70. The first-order valence-electron chi connectivity index (χ1n) is 5.83. The summed E-state index contributed by atoms with van der Waals surface area (Å²) in [6.07, 6.45) is 1.40. The Labute approximate surface area is 137 Å². The minimum atomic E-state index is -3.79. The van der Waals surface area contributed by atoms with Crippen LogP contribution in [0.1, 0.15) is 5.69 Å². The molecule has 0 amide bonds. The van der Waals surface area contributed by atoms with Gasteiger partial charge in [0.1, 0.15) is 4.90 Å². The Bertz CT molecular complexity index is 736. The third-order valence-corrected chi connectivity index (χ3v) is 4.78. The standard InChI is InChI=1S/C12H12Cl3N3O2S/c1-16-5-8-4-9(6-17-8)21(19,20)18-12-10(14)2-7(13)3-11(12)15/h2-4,6,16-18H,5H2,1H3. The van der Waals surface area contributed by atoms with Gasteiger partial charge in [0.05, 0.1) is 15.7 Å².